The Balaban J connectivity index is 1.20. The van der Waals surface area contributed by atoms with Gasteiger partial charge in [0.25, 0.3) is 0 Å². The fraction of sp³-hybridized carbons (Fsp3) is 0.0400. The van der Waals surface area contributed by atoms with Gasteiger partial charge in [0, 0.05) is 32.9 Å². The highest BCUT2D eigenvalue weighted by Crippen LogP contribution is 2.46. The molecule has 0 N–H and O–H groups in total. The molecule has 0 saturated carbocycles. The molecule has 0 radical (unpaired) electrons. The van der Waals surface area contributed by atoms with Crippen LogP contribution in [0, 0.1) is 0 Å². The summed E-state index contributed by atoms with van der Waals surface area (Å²) in [5.74, 6) is 0. The summed E-state index contributed by atoms with van der Waals surface area (Å²) in [6.07, 6.45) is 9.13. The van der Waals surface area contributed by atoms with Crippen LogP contribution in [0.25, 0.3) is 98.8 Å². The van der Waals surface area contributed by atoms with Gasteiger partial charge in [0.05, 0.1) is 22.1 Å². The summed E-state index contributed by atoms with van der Waals surface area (Å²) in [4.78, 5) is 0. The predicted molar refractivity (Wildman–Crippen MR) is 222 cm³/mol. The Morgan fingerprint density at radius 3 is 1.31 bits per heavy atom. The molecule has 0 bridgehead atoms. The molecule has 11 rings (SSSR count). The van der Waals surface area contributed by atoms with Crippen molar-refractivity contribution in [1.82, 2.24) is 9.13 Å². The maximum Gasteiger partial charge on any atom is 0.0547 e. The van der Waals surface area contributed by atoms with Crippen LogP contribution in [0.4, 0.5) is 0 Å². The van der Waals surface area contributed by atoms with E-state index in [0.717, 1.165) is 12.8 Å². The lowest BCUT2D eigenvalue weighted by Crippen LogP contribution is -1.97. The van der Waals surface area contributed by atoms with Gasteiger partial charge >= 0.3 is 0 Å². The van der Waals surface area contributed by atoms with Crippen LogP contribution in [0.3, 0.4) is 0 Å². The topological polar surface area (TPSA) is 9.86 Å². The van der Waals surface area contributed by atoms with Gasteiger partial charge in [-0.1, -0.05) is 140 Å². The first-order chi connectivity index (χ1) is 25.8. The van der Waals surface area contributed by atoms with Crippen molar-refractivity contribution in [3.05, 3.63) is 182 Å². The van der Waals surface area contributed by atoms with Gasteiger partial charge in [0.1, 0.15) is 0 Å². The highest BCUT2D eigenvalue weighted by molar-refractivity contribution is 6.23. The quantitative estimate of drug-likeness (QED) is 0.166. The van der Waals surface area contributed by atoms with Crippen molar-refractivity contribution < 1.29 is 0 Å². The zero-order valence-electron chi connectivity index (χ0n) is 28.6. The molecule has 1 aliphatic rings. The Morgan fingerprint density at radius 1 is 0.346 bits per heavy atom. The molecule has 2 heterocycles. The zero-order chi connectivity index (χ0) is 34.2. The molecule has 0 unspecified atom stereocenters. The summed E-state index contributed by atoms with van der Waals surface area (Å²) in [7, 11) is 0. The minimum Gasteiger partial charge on any atom is -0.310 e. The molecule has 0 spiro atoms. The molecule has 0 fully saturated rings. The van der Waals surface area contributed by atoms with Crippen molar-refractivity contribution >= 4 is 70.9 Å². The lowest BCUT2D eigenvalue weighted by atomic mass is 9.85. The SMILES string of the molecule is C1=CC(n2c3ccccc3c3ccc(-c4c5ccccc5c(-c5ccc6c7ccccc7n(-c7ccccc7)c6c5)c5ccccc45)cc32)=CCC1. The Bertz CT molecular complexity index is 3060. The van der Waals surface area contributed by atoms with E-state index in [-0.39, 0.29) is 0 Å². The maximum absolute atomic E-state index is 2.46. The van der Waals surface area contributed by atoms with Crippen molar-refractivity contribution in [3.8, 4) is 27.9 Å². The number of nitrogens with zero attached hydrogens (tertiary/aromatic N) is 2. The van der Waals surface area contributed by atoms with Crippen LogP contribution in [0.15, 0.2) is 182 Å². The predicted octanol–water partition coefficient (Wildman–Crippen LogP) is 13.7. The second kappa shape index (κ2) is 11.4. The maximum atomic E-state index is 2.46. The van der Waals surface area contributed by atoms with E-state index in [4.69, 9.17) is 0 Å². The van der Waals surface area contributed by atoms with Gasteiger partial charge in [-0.2, -0.15) is 0 Å². The molecule has 2 heteroatoms. The second-order valence-electron chi connectivity index (χ2n) is 14.0. The molecule has 8 aromatic carbocycles. The van der Waals surface area contributed by atoms with Crippen LogP contribution >= 0.6 is 0 Å². The summed E-state index contributed by atoms with van der Waals surface area (Å²) in [6.45, 7) is 0. The molecule has 0 saturated heterocycles. The van der Waals surface area contributed by atoms with Crippen LogP contribution < -0.4 is 0 Å². The van der Waals surface area contributed by atoms with Crippen molar-refractivity contribution in [3.63, 3.8) is 0 Å². The van der Waals surface area contributed by atoms with E-state index in [1.165, 1.54) is 98.8 Å². The summed E-state index contributed by atoms with van der Waals surface area (Å²) in [5, 5.41) is 10.2. The first kappa shape index (κ1) is 29.1. The highest BCUT2D eigenvalue weighted by atomic mass is 15.0. The zero-order valence-corrected chi connectivity index (χ0v) is 28.6. The van der Waals surface area contributed by atoms with Crippen molar-refractivity contribution in [2.75, 3.05) is 0 Å². The molecule has 10 aromatic rings. The van der Waals surface area contributed by atoms with Crippen LogP contribution in [0.2, 0.25) is 0 Å². The van der Waals surface area contributed by atoms with Crippen LogP contribution in [0.5, 0.6) is 0 Å². The van der Waals surface area contributed by atoms with Gasteiger partial charge in [-0.15, -0.1) is 0 Å². The second-order valence-corrected chi connectivity index (χ2v) is 14.0. The number of rotatable bonds is 4. The molecule has 2 nitrogen and oxygen atoms in total. The largest absolute Gasteiger partial charge is 0.310 e. The van der Waals surface area contributed by atoms with Gasteiger partial charge < -0.3 is 9.13 Å². The number of aromatic nitrogens is 2. The van der Waals surface area contributed by atoms with Gasteiger partial charge in [0.15, 0.2) is 0 Å². The minimum absolute atomic E-state index is 1.06. The third-order valence-corrected chi connectivity index (χ3v) is 11.1. The fourth-order valence-corrected chi connectivity index (χ4v) is 8.90. The van der Waals surface area contributed by atoms with Crippen molar-refractivity contribution in [1.29, 1.82) is 0 Å². The average Bonchev–Trinajstić information content (AvgIpc) is 3.72. The minimum atomic E-state index is 1.06. The van der Waals surface area contributed by atoms with E-state index < -0.39 is 0 Å². The fourth-order valence-electron chi connectivity index (χ4n) is 8.90. The van der Waals surface area contributed by atoms with E-state index in [0.29, 0.717) is 0 Å². The summed E-state index contributed by atoms with van der Waals surface area (Å²) >= 11 is 0. The number of hydrogen-bond acceptors (Lipinski definition) is 0. The molecule has 1 aliphatic carbocycles. The Morgan fingerprint density at radius 2 is 0.788 bits per heavy atom. The number of allylic oxidation sites excluding steroid dienone is 4. The smallest absolute Gasteiger partial charge is 0.0547 e. The van der Waals surface area contributed by atoms with Crippen LogP contribution in [-0.4, -0.2) is 9.13 Å². The molecular weight excluding hydrogens is 629 g/mol. The average molecular weight is 663 g/mol. The molecule has 0 atom stereocenters. The number of para-hydroxylation sites is 3. The lowest BCUT2D eigenvalue weighted by Gasteiger charge is -2.18. The van der Waals surface area contributed by atoms with E-state index in [1.807, 2.05) is 0 Å². The summed E-state index contributed by atoms with van der Waals surface area (Å²) in [5.41, 5.74) is 12.4. The molecule has 0 amide bonds. The molecule has 2 aromatic heterocycles. The third kappa shape index (κ3) is 4.25. The Kier molecular flexibility index (Phi) is 6.41. The van der Waals surface area contributed by atoms with E-state index in [2.05, 4.69) is 191 Å². The Hall–Kier alpha value is -6.64. The normalized spacial score (nSPS) is 13.3. The van der Waals surface area contributed by atoms with Crippen LogP contribution in [0.1, 0.15) is 12.8 Å². The van der Waals surface area contributed by atoms with E-state index >= 15 is 0 Å². The first-order valence-corrected chi connectivity index (χ1v) is 18.3. The van der Waals surface area contributed by atoms with Gasteiger partial charge in [-0.05, 0) is 99.1 Å². The highest BCUT2D eigenvalue weighted by Gasteiger charge is 2.20. The van der Waals surface area contributed by atoms with E-state index in [1.54, 1.807) is 0 Å². The van der Waals surface area contributed by atoms with E-state index in [9.17, 15) is 0 Å². The summed E-state index contributed by atoms with van der Waals surface area (Å²) < 4.78 is 4.88. The van der Waals surface area contributed by atoms with Crippen molar-refractivity contribution in [2.24, 2.45) is 0 Å². The number of fused-ring (bicyclic) bond motifs is 8. The van der Waals surface area contributed by atoms with Gasteiger partial charge in [-0.3, -0.25) is 0 Å². The van der Waals surface area contributed by atoms with Crippen LogP contribution in [-0.2, 0) is 0 Å². The Labute approximate surface area is 301 Å². The molecular formula is C50H34N2. The van der Waals surface area contributed by atoms with Crippen molar-refractivity contribution in [2.45, 2.75) is 12.8 Å². The first-order valence-electron chi connectivity index (χ1n) is 18.3. The lowest BCUT2D eigenvalue weighted by molar-refractivity contribution is 1.02. The monoisotopic (exact) mass is 662 g/mol. The summed E-state index contributed by atoms with van der Waals surface area (Å²) in [6, 6.07) is 60.5. The number of benzene rings is 8. The molecule has 52 heavy (non-hydrogen) atoms. The number of hydrogen-bond donors (Lipinski definition) is 0. The third-order valence-electron chi connectivity index (χ3n) is 11.1. The molecule has 244 valence electrons. The standard InChI is InChI=1S/C50H34N2/c1-3-15-35(16-4-1)51-45-25-13-11-19-37(45)39-29-27-33(31-47(39)51)49-41-21-7-9-23-43(41)50(44-24-10-8-22-42(44)49)34-28-30-40-38-20-12-14-26-46(38)52(48(40)32-34)36-17-5-2-6-18-36/h1,3-5,7-32H,2,6H2. The van der Waals surface area contributed by atoms with Gasteiger partial charge in [-0.25, -0.2) is 0 Å². The molecule has 0 aliphatic heterocycles. The van der Waals surface area contributed by atoms with Gasteiger partial charge in [0.2, 0.25) is 0 Å².